The molecule has 0 aliphatic carbocycles. The van der Waals surface area contributed by atoms with E-state index in [1.165, 1.54) is 5.56 Å². The number of nitrogens with one attached hydrogen (secondary N) is 1. The fourth-order valence-corrected chi connectivity index (χ4v) is 3.17. The number of hydrogen-bond acceptors (Lipinski definition) is 3. The molecule has 4 heteroatoms. The number of methoxy groups -OCH3 is 1. The Morgan fingerprint density at radius 3 is 2.80 bits per heavy atom. The van der Waals surface area contributed by atoms with Gasteiger partial charge in [-0.2, -0.15) is 0 Å². The minimum absolute atomic E-state index is 0.00712. The molecule has 2 aromatic rings. The molecule has 2 atom stereocenters. The van der Waals surface area contributed by atoms with Crippen molar-refractivity contribution in [2.75, 3.05) is 12.4 Å². The fourth-order valence-electron chi connectivity index (χ4n) is 2.62. The lowest BCUT2D eigenvalue weighted by Crippen LogP contribution is -2.24. The van der Waals surface area contributed by atoms with Gasteiger partial charge >= 0.3 is 0 Å². The number of ether oxygens (including phenoxy) is 1. The molecule has 104 valence electrons. The molecule has 0 saturated carbocycles. The molecule has 20 heavy (non-hydrogen) atoms. The summed E-state index contributed by atoms with van der Waals surface area (Å²) in [6, 6.07) is 13.9. The molecule has 3 nitrogen and oxygen atoms in total. The molecule has 3 rings (SSSR count). The van der Waals surface area contributed by atoms with Gasteiger partial charge in [0.25, 0.3) is 0 Å². The zero-order valence-corrected chi connectivity index (χ0v) is 12.7. The van der Waals surface area contributed by atoms with Crippen molar-refractivity contribution in [3.8, 4) is 5.75 Å². The van der Waals surface area contributed by atoms with Crippen LogP contribution in [0.15, 0.2) is 46.9 Å². The zero-order valence-electron chi connectivity index (χ0n) is 11.1. The standard InChI is InChI=1S/C16H16BrNO2/c1-20-15-7-6-11(8-12(15)17)16(19)14-9-10-4-2-3-5-13(10)18-14/h2-8,14,16,18-19H,9H2,1H3. The molecule has 0 bridgehead atoms. The molecule has 0 saturated heterocycles. The molecule has 2 N–H and O–H groups in total. The topological polar surface area (TPSA) is 41.5 Å². The molecule has 0 radical (unpaired) electrons. The van der Waals surface area contributed by atoms with E-state index in [0.29, 0.717) is 0 Å². The predicted molar refractivity (Wildman–Crippen MR) is 83.2 cm³/mol. The van der Waals surface area contributed by atoms with E-state index < -0.39 is 6.10 Å². The van der Waals surface area contributed by atoms with Crippen LogP contribution in [0.5, 0.6) is 5.75 Å². The van der Waals surface area contributed by atoms with E-state index in [2.05, 4.69) is 27.3 Å². The quantitative estimate of drug-likeness (QED) is 0.902. The number of hydrogen-bond donors (Lipinski definition) is 2. The minimum Gasteiger partial charge on any atom is -0.496 e. The highest BCUT2D eigenvalue weighted by atomic mass is 79.9. The van der Waals surface area contributed by atoms with E-state index in [0.717, 1.165) is 27.9 Å². The first kappa shape index (κ1) is 13.5. The maximum absolute atomic E-state index is 10.6. The van der Waals surface area contributed by atoms with E-state index in [4.69, 9.17) is 4.74 Å². The highest BCUT2D eigenvalue weighted by Crippen LogP contribution is 2.34. The van der Waals surface area contributed by atoms with Crippen LogP contribution in [0.3, 0.4) is 0 Å². The van der Waals surface area contributed by atoms with Gasteiger partial charge in [0.2, 0.25) is 0 Å². The number of aliphatic hydroxyl groups is 1. The van der Waals surface area contributed by atoms with Crippen LogP contribution in [0.4, 0.5) is 5.69 Å². The van der Waals surface area contributed by atoms with Crippen LogP contribution in [0.1, 0.15) is 17.2 Å². The normalized spacial score (nSPS) is 18.2. The summed E-state index contributed by atoms with van der Waals surface area (Å²) in [6.07, 6.45) is 0.283. The number of halogens is 1. The van der Waals surface area contributed by atoms with Crippen molar-refractivity contribution in [1.82, 2.24) is 0 Å². The van der Waals surface area contributed by atoms with Gasteiger partial charge in [-0.05, 0) is 51.7 Å². The molecule has 2 unspecified atom stereocenters. The first-order valence-corrected chi connectivity index (χ1v) is 7.34. The van der Waals surface area contributed by atoms with Gasteiger partial charge in [0, 0.05) is 5.69 Å². The Hall–Kier alpha value is -1.52. The monoisotopic (exact) mass is 333 g/mol. The zero-order chi connectivity index (χ0) is 14.1. The van der Waals surface area contributed by atoms with Gasteiger partial charge in [-0.1, -0.05) is 24.3 Å². The Morgan fingerprint density at radius 1 is 1.30 bits per heavy atom. The van der Waals surface area contributed by atoms with Gasteiger partial charge in [-0.3, -0.25) is 0 Å². The fraction of sp³-hybridized carbons (Fsp3) is 0.250. The Bertz CT molecular complexity index is 605. The van der Waals surface area contributed by atoms with Crippen molar-refractivity contribution in [3.05, 3.63) is 58.1 Å². The molecular weight excluding hydrogens is 318 g/mol. The Labute approximate surface area is 126 Å². The van der Waals surface area contributed by atoms with Crippen molar-refractivity contribution < 1.29 is 9.84 Å². The Kier molecular flexibility index (Phi) is 3.68. The number of aliphatic hydroxyl groups excluding tert-OH is 1. The number of fused-ring (bicyclic) bond motifs is 1. The molecule has 2 aromatic carbocycles. The van der Waals surface area contributed by atoms with Gasteiger partial charge in [0.15, 0.2) is 0 Å². The molecule has 1 aliphatic heterocycles. The van der Waals surface area contributed by atoms with Gasteiger partial charge in [-0.15, -0.1) is 0 Å². The van der Waals surface area contributed by atoms with Crippen LogP contribution in [0, 0.1) is 0 Å². The van der Waals surface area contributed by atoms with E-state index in [1.807, 2.05) is 36.4 Å². The SMILES string of the molecule is COc1ccc(C(O)C2Cc3ccccc3N2)cc1Br. The predicted octanol–water partition coefficient (Wildman–Crippen LogP) is 3.53. The lowest BCUT2D eigenvalue weighted by atomic mass is 9.99. The number of anilines is 1. The van der Waals surface area contributed by atoms with E-state index in [-0.39, 0.29) is 6.04 Å². The largest absolute Gasteiger partial charge is 0.496 e. The highest BCUT2D eigenvalue weighted by Gasteiger charge is 2.27. The third kappa shape index (κ3) is 2.41. The third-order valence-corrected chi connectivity index (χ3v) is 4.32. The van der Waals surface area contributed by atoms with Gasteiger partial charge in [-0.25, -0.2) is 0 Å². The van der Waals surface area contributed by atoms with Crippen LogP contribution in [0.2, 0.25) is 0 Å². The van der Waals surface area contributed by atoms with Crippen molar-refractivity contribution in [2.45, 2.75) is 18.6 Å². The smallest absolute Gasteiger partial charge is 0.133 e. The molecule has 1 heterocycles. The van der Waals surface area contributed by atoms with Gasteiger partial charge in [0.05, 0.1) is 23.7 Å². The van der Waals surface area contributed by atoms with E-state index in [1.54, 1.807) is 7.11 Å². The van der Waals surface area contributed by atoms with E-state index >= 15 is 0 Å². The van der Waals surface area contributed by atoms with Crippen LogP contribution >= 0.6 is 15.9 Å². The van der Waals surface area contributed by atoms with Crippen LogP contribution in [-0.2, 0) is 6.42 Å². The average Bonchev–Trinajstić information content (AvgIpc) is 2.90. The van der Waals surface area contributed by atoms with Crippen molar-refractivity contribution in [2.24, 2.45) is 0 Å². The second-order valence-corrected chi connectivity index (χ2v) is 5.81. The van der Waals surface area contributed by atoms with Gasteiger partial charge in [0.1, 0.15) is 5.75 Å². The molecule has 1 aliphatic rings. The molecular formula is C16H16BrNO2. The Morgan fingerprint density at radius 2 is 2.10 bits per heavy atom. The van der Waals surface area contributed by atoms with Crippen molar-refractivity contribution in [1.29, 1.82) is 0 Å². The lowest BCUT2D eigenvalue weighted by Gasteiger charge is -2.20. The first-order valence-electron chi connectivity index (χ1n) is 6.55. The second-order valence-electron chi connectivity index (χ2n) is 4.95. The highest BCUT2D eigenvalue weighted by molar-refractivity contribution is 9.10. The summed E-state index contributed by atoms with van der Waals surface area (Å²) in [5.41, 5.74) is 3.25. The second kappa shape index (κ2) is 5.46. The maximum Gasteiger partial charge on any atom is 0.133 e. The maximum atomic E-state index is 10.6. The minimum atomic E-state index is -0.551. The average molecular weight is 334 g/mol. The van der Waals surface area contributed by atoms with Crippen molar-refractivity contribution in [3.63, 3.8) is 0 Å². The molecule has 0 amide bonds. The summed E-state index contributed by atoms with van der Waals surface area (Å²) in [5, 5.41) is 13.9. The van der Waals surface area contributed by atoms with E-state index in [9.17, 15) is 5.11 Å². The van der Waals surface area contributed by atoms with Crippen molar-refractivity contribution >= 4 is 21.6 Å². The van der Waals surface area contributed by atoms with Gasteiger partial charge < -0.3 is 15.2 Å². The summed E-state index contributed by atoms with van der Waals surface area (Å²) in [5.74, 6) is 0.767. The summed E-state index contributed by atoms with van der Waals surface area (Å²) in [4.78, 5) is 0. The lowest BCUT2D eigenvalue weighted by molar-refractivity contribution is 0.156. The van der Waals surface area contributed by atoms with Crippen LogP contribution < -0.4 is 10.1 Å². The summed E-state index contributed by atoms with van der Waals surface area (Å²) in [7, 11) is 1.63. The molecule has 0 fully saturated rings. The number of para-hydroxylation sites is 1. The third-order valence-electron chi connectivity index (χ3n) is 3.70. The summed E-state index contributed by atoms with van der Waals surface area (Å²) in [6.45, 7) is 0. The number of benzene rings is 2. The summed E-state index contributed by atoms with van der Waals surface area (Å²) < 4.78 is 6.07. The summed E-state index contributed by atoms with van der Waals surface area (Å²) >= 11 is 3.46. The molecule has 0 aromatic heterocycles. The molecule has 0 spiro atoms. The first-order chi connectivity index (χ1) is 9.69. The van der Waals surface area contributed by atoms with Crippen LogP contribution in [0.25, 0.3) is 0 Å². The Balaban J connectivity index is 1.81. The van der Waals surface area contributed by atoms with Crippen LogP contribution in [-0.4, -0.2) is 18.3 Å². The number of rotatable bonds is 3.